The second kappa shape index (κ2) is 6.84. The molecule has 0 amide bonds. The summed E-state index contributed by atoms with van der Waals surface area (Å²) in [6.45, 7) is -0.114. The number of alkyl halides is 2. The minimum Gasteiger partial charge on any atom is -0.468 e. The van der Waals surface area contributed by atoms with Gasteiger partial charge in [0.2, 0.25) is 0 Å². The quantitative estimate of drug-likeness (QED) is 0.662. The van der Waals surface area contributed by atoms with Gasteiger partial charge in [-0.25, -0.2) is 8.78 Å². The zero-order valence-electron chi connectivity index (χ0n) is 7.62. The van der Waals surface area contributed by atoms with Crippen molar-refractivity contribution in [1.29, 1.82) is 0 Å². The standard InChI is InChI=1S/C9H12F2O2S/c10-9(11)6-12-4-5-14-7-8-2-1-3-13-8/h1-3,9H,4-7H2. The fourth-order valence-electron chi connectivity index (χ4n) is 0.858. The Balaban J connectivity index is 1.90. The van der Waals surface area contributed by atoms with Crippen LogP contribution in [0.2, 0.25) is 0 Å². The van der Waals surface area contributed by atoms with Crippen molar-refractivity contribution in [2.45, 2.75) is 12.2 Å². The van der Waals surface area contributed by atoms with E-state index >= 15 is 0 Å². The summed E-state index contributed by atoms with van der Waals surface area (Å²) in [6.07, 6.45) is -0.756. The molecule has 0 aliphatic rings. The van der Waals surface area contributed by atoms with Crippen LogP contribution in [0.15, 0.2) is 22.8 Å². The smallest absolute Gasteiger partial charge is 0.261 e. The van der Waals surface area contributed by atoms with E-state index in [1.807, 2.05) is 12.1 Å². The van der Waals surface area contributed by atoms with Crippen molar-refractivity contribution in [3.8, 4) is 0 Å². The molecule has 0 aliphatic carbocycles. The highest BCUT2D eigenvalue weighted by Crippen LogP contribution is 2.11. The highest BCUT2D eigenvalue weighted by molar-refractivity contribution is 7.98. The normalized spacial score (nSPS) is 11.1. The van der Waals surface area contributed by atoms with Gasteiger partial charge >= 0.3 is 0 Å². The van der Waals surface area contributed by atoms with Gasteiger partial charge in [0.05, 0.1) is 18.6 Å². The van der Waals surface area contributed by atoms with Gasteiger partial charge in [-0.05, 0) is 12.1 Å². The zero-order valence-corrected chi connectivity index (χ0v) is 8.43. The van der Waals surface area contributed by atoms with Gasteiger partial charge in [0.1, 0.15) is 12.4 Å². The molecule has 1 aromatic heterocycles. The minimum absolute atomic E-state index is 0.357. The third-order valence-corrected chi connectivity index (χ3v) is 2.38. The first-order valence-corrected chi connectivity index (χ1v) is 5.40. The molecule has 1 rings (SSSR count). The number of furan rings is 1. The lowest BCUT2D eigenvalue weighted by Crippen LogP contribution is -2.06. The first-order valence-electron chi connectivity index (χ1n) is 4.25. The van der Waals surface area contributed by atoms with E-state index in [1.165, 1.54) is 0 Å². The van der Waals surface area contributed by atoms with Crippen LogP contribution in [0.1, 0.15) is 5.76 Å². The van der Waals surface area contributed by atoms with Gasteiger partial charge in [0, 0.05) is 5.75 Å². The van der Waals surface area contributed by atoms with Crippen LogP contribution in [-0.2, 0) is 10.5 Å². The Morgan fingerprint density at radius 2 is 2.36 bits per heavy atom. The van der Waals surface area contributed by atoms with Gasteiger partial charge in [0.15, 0.2) is 0 Å². The van der Waals surface area contributed by atoms with Crippen LogP contribution in [0, 0.1) is 0 Å². The third-order valence-electron chi connectivity index (χ3n) is 1.44. The molecule has 0 saturated heterocycles. The molecule has 0 aromatic carbocycles. The molecule has 0 atom stereocenters. The molecule has 0 saturated carbocycles. The molecule has 1 heterocycles. The summed E-state index contributed by atoms with van der Waals surface area (Å²) in [7, 11) is 0. The summed E-state index contributed by atoms with van der Waals surface area (Å²) < 4.78 is 33.1. The zero-order chi connectivity index (χ0) is 10.2. The minimum atomic E-state index is -2.37. The van der Waals surface area contributed by atoms with Crippen molar-refractivity contribution < 1.29 is 17.9 Å². The van der Waals surface area contributed by atoms with Gasteiger partial charge in [-0.3, -0.25) is 0 Å². The number of thioether (sulfide) groups is 1. The fraction of sp³-hybridized carbons (Fsp3) is 0.556. The fourth-order valence-corrected chi connectivity index (χ4v) is 1.60. The maximum atomic E-state index is 11.6. The second-order valence-electron chi connectivity index (χ2n) is 2.60. The summed E-state index contributed by atoms with van der Waals surface area (Å²) in [4.78, 5) is 0. The molecule has 0 unspecified atom stereocenters. The van der Waals surface area contributed by atoms with E-state index in [4.69, 9.17) is 9.15 Å². The molecular weight excluding hydrogens is 210 g/mol. The maximum Gasteiger partial charge on any atom is 0.261 e. The topological polar surface area (TPSA) is 22.4 Å². The van der Waals surface area contributed by atoms with E-state index in [0.717, 1.165) is 11.5 Å². The van der Waals surface area contributed by atoms with Crippen molar-refractivity contribution in [2.75, 3.05) is 19.0 Å². The van der Waals surface area contributed by atoms with E-state index in [1.54, 1.807) is 18.0 Å². The summed E-state index contributed by atoms with van der Waals surface area (Å²) in [6, 6.07) is 3.70. The van der Waals surface area contributed by atoms with Crippen molar-refractivity contribution in [2.24, 2.45) is 0 Å². The van der Waals surface area contributed by atoms with Crippen LogP contribution in [-0.4, -0.2) is 25.4 Å². The molecule has 1 aromatic rings. The molecular formula is C9H12F2O2S. The molecule has 0 radical (unpaired) electrons. The molecule has 0 fully saturated rings. The maximum absolute atomic E-state index is 11.6. The molecule has 14 heavy (non-hydrogen) atoms. The molecule has 0 spiro atoms. The predicted octanol–water partition coefficient (Wildman–Crippen LogP) is 2.79. The predicted molar refractivity (Wildman–Crippen MR) is 51.7 cm³/mol. The third kappa shape index (κ3) is 5.24. The van der Waals surface area contributed by atoms with Crippen LogP contribution < -0.4 is 0 Å². The number of ether oxygens (including phenoxy) is 1. The molecule has 2 nitrogen and oxygen atoms in total. The Bertz CT molecular complexity index is 227. The number of halogens is 2. The average Bonchev–Trinajstić information content (AvgIpc) is 2.63. The largest absolute Gasteiger partial charge is 0.468 e. The first kappa shape index (κ1) is 11.5. The molecule has 80 valence electrons. The Morgan fingerprint density at radius 1 is 1.50 bits per heavy atom. The Labute approximate surface area is 85.6 Å². The van der Waals surface area contributed by atoms with E-state index < -0.39 is 13.0 Å². The Morgan fingerprint density at radius 3 is 3.00 bits per heavy atom. The highest BCUT2D eigenvalue weighted by Gasteiger charge is 2.01. The molecule has 5 heteroatoms. The van der Waals surface area contributed by atoms with E-state index in [9.17, 15) is 8.78 Å². The van der Waals surface area contributed by atoms with Crippen molar-refractivity contribution in [1.82, 2.24) is 0 Å². The van der Waals surface area contributed by atoms with E-state index in [0.29, 0.717) is 12.4 Å². The number of hydrogen-bond acceptors (Lipinski definition) is 3. The highest BCUT2D eigenvalue weighted by atomic mass is 32.2. The number of hydrogen-bond donors (Lipinski definition) is 0. The summed E-state index contributed by atoms with van der Waals surface area (Å²) in [5.41, 5.74) is 0. The van der Waals surface area contributed by atoms with Gasteiger partial charge in [-0.2, -0.15) is 11.8 Å². The van der Waals surface area contributed by atoms with Crippen molar-refractivity contribution in [3.05, 3.63) is 24.2 Å². The van der Waals surface area contributed by atoms with Crippen LogP contribution in [0.5, 0.6) is 0 Å². The Kier molecular flexibility index (Phi) is 5.63. The van der Waals surface area contributed by atoms with Crippen LogP contribution in [0.25, 0.3) is 0 Å². The van der Waals surface area contributed by atoms with Gasteiger partial charge in [-0.15, -0.1) is 0 Å². The number of rotatable bonds is 7. The SMILES string of the molecule is FC(F)COCCSCc1ccco1. The summed E-state index contributed by atoms with van der Waals surface area (Å²) in [5.74, 6) is 2.35. The first-order chi connectivity index (χ1) is 6.79. The Hall–Kier alpha value is -0.550. The van der Waals surface area contributed by atoms with E-state index in [2.05, 4.69) is 0 Å². The molecule has 0 aliphatic heterocycles. The molecule has 0 bridgehead atoms. The summed E-state index contributed by atoms with van der Waals surface area (Å²) in [5, 5.41) is 0. The average molecular weight is 222 g/mol. The lowest BCUT2D eigenvalue weighted by Gasteiger charge is -2.02. The van der Waals surface area contributed by atoms with Gasteiger partial charge < -0.3 is 9.15 Å². The van der Waals surface area contributed by atoms with Crippen molar-refractivity contribution in [3.63, 3.8) is 0 Å². The monoisotopic (exact) mass is 222 g/mol. The van der Waals surface area contributed by atoms with Crippen molar-refractivity contribution >= 4 is 11.8 Å². The second-order valence-corrected chi connectivity index (χ2v) is 3.70. The lowest BCUT2D eigenvalue weighted by atomic mass is 10.5. The summed E-state index contributed by atoms with van der Waals surface area (Å²) >= 11 is 1.60. The van der Waals surface area contributed by atoms with Crippen LogP contribution in [0.3, 0.4) is 0 Å². The lowest BCUT2D eigenvalue weighted by molar-refractivity contribution is 0.0237. The van der Waals surface area contributed by atoms with Crippen LogP contribution >= 0.6 is 11.8 Å². The van der Waals surface area contributed by atoms with Crippen LogP contribution in [0.4, 0.5) is 8.78 Å². The van der Waals surface area contributed by atoms with Gasteiger partial charge in [-0.1, -0.05) is 0 Å². The van der Waals surface area contributed by atoms with E-state index in [-0.39, 0.29) is 0 Å². The molecule has 0 N–H and O–H groups in total. The van der Waals surface area contributed by atoms with Gasteiger partial charge in [0.25, 0.3) is 6.43 Å².